The molecule has 1 spiro atoms. The highest BCUT2D eigenvalue weighted by Gasteiger charge is 2.37. The van der Waals surface area contributed by atoms with Gasteiger partial charge in [0.2, 0.25) is 0 Å². The lowest BCUT2D eigenvalue weighted by Crippen LogP contribution is -2.31. The monoisotopic (exact) mass is 300 g/mol. The molecule has 4 rings (SSSR count). The highest BCUT2D eigenvalue weighted by molar-refractivity contribution is 5.93. The SMILES string of the molecule is O=[N+]([O-])c1ccc2c(C3=CCC4(CC3)OCCO4)c[nH]c2c1. The lowest BCUT2D eigenvalue weighted by atomic mass is 9.89. The number of fused-ring (bicyclic) bond motifs is 1. The fourth-order valence-electron chi connectivity index (χ4n) is 3.31. The van der Waals surface area contributed by atoms with Gasteiger partial charge in [-0.05, 0) is 18.1 Å². The summed E-state index contributed by atoms with van der Waals surface area (Å²) < 4.78 is 11.5. The average molecular weight is 300 g/mol. The molecule has 2 aromatic rings. The molecule has 6 heteroatoms. The van der Waals surface area contributed by atoms with E-state index < -0.39 is 5.79 Å². The third-order valence-corrected chi connectivity index (χ3v) is 4.47. The second-order valence-corrected chi connectivity index (χ2v) is 5.73. The summed E-state index contributed by atoms with van der Waals surface area (Å²) in [5, 5.41) is 11.9. The molecule has 1 aliphatic carbocycles. The number of H-pyrrole nitrogens is 1. The van der Waals surface area contributed by atoms with E-state index in [1.165, 1.54) is 5.57 Å². The summed E-state index contributed by atoms with van der Waals surface area (Å²) in [7, 11) is 0. The van der Waals surface area contributed by atoms with Gasteiger partial charge in [-0.1, -0.05) is 6.08 Å². The predicted octanol–water partition coefficient (Wildman–Crippen LogP) is 3.39. The van der Waals surface area contributed by atoms with Crippen LogP contribution in [0.4, 0.5) is 5.69 Å². The summed E-state index contributed by atoms with van der Waals surface area (Å²) in [6.07, 6.45) is 6.57. The van der Waals surface area contributed by atoms with Crippen LogP contribution in [0.15, 0.2) is 30.5 Å². The van der Waals surface area contributed by atoms with Crippen molar-refractivity contribution < 1.29 is 14.4 Å². The summed E-state index contributed by atoms with van der Waals surface area (Å²) in [5.74, 6) is -0.422. The van der Waals surface area contributed by atoms with Gasteiger partial charge in [-0.25, -0.2) is 0 Å². The number of nitro benzene ring substituents is 1. The van der Waals surface area contributed by atoms with E-state index in [9.17, 15) is 10.1 Å². The van der Waals surface area contributed by atoms with Gasteiger partial charge in [-0.3, -0.25) is 10.1 Å². The van der Waals surface area contributed by atoms with Crippen molar-refractivity contribution in [2.24, 2.45) is 0 Å². The Hall–Kier alpha value is -2.18. The molecule has 0 bridgehead atoms. The van der Waals surface area contributed by atoms with Crippen molar-refractivity contribution in [3.05, 3.63) is 46.1 Å². The summed E-state index contributed by atoms with van der Waals surface area (Å²) in [4.78, 5) is 13.6. The molecule has 0 amide bonds. The number of nitrogens with one attached hydrogen (secondary N) is 1. The molecule has 6 nitrogen and oxygen atoms in total. The van der Waals surface area contributed by atoms with E-state index in [0.717, 1.165) is 35.7 Å². The number of allylic oxidation sites excluding steroid dienone is 1. The first-order valence-corrected chi connectivity index (χ1v) is 7.40. The Morgan fingerprint density at radius 2 is 2.09 bits per heavy atom. The standard InChI is InChI=1S/C16H16N2O4/c19-18(20)12-1-2-13-14(10-17-15(13)9-12)11-3-5-16(6-4-11)21-7-8-22-16/h1-3,9-10,17H,4-8H2. The zero-order valence-corrected chi connectivity index (χ0v) is 12.0. The number of nitrogens with zero attached hydrogens (tertiary/aromatic N) is 1. The number of benzene rings is 1. The lowest BCUT2D eigenvalue weighted by molar-refractivity contribution is -0.384. The van der Waals surface area contributed by atoms with E-state index in [1.54, 1.807) is 12.1 Å². The molecule has 1 N–H and O–H groups in total. The Morgan fingerprint density at radius 1 is 1.27 bits per heavy atom. The number of rotatable bonds is 2. The van der Waals surface area contributed by atoms with E-state index in [4.69, 9.17) is 9.47 Å². The van der Waals surface area contributed by atoms with Crippen LogP contribution < -0.4 is 0 Å². The second kappa shape index (κ2) is 4.93. The molecular formula is C16H16N2O4. The van der Waals surface area contributed by atoms with Crippen molar-refractivity contribution in [1.82, 2.24) is 4.98 Å². The fraction of sp³-hybridized carbons (Fsp3) is 0.375. The molecule has 1 saturated heterocycles. The first-order valence-electron chi connectivity index (χ1n) is 7.40. The minimum Gasteiger partial charge on any atom is -0.360 e. The average Bonchev–Trinajstić information content (AvgIpc) is 3.15. The van der Waals surface area contributed by atoms with Crippen LogP contribution in [-0.4, -0.2) is 28.9 Å². The zero-order valence-electron chi connectivity index (χ0n) is 12.0. The third kappa shape index (κ3) is 2.12. The first-order chi connectivity index (χ1) is 10.7. The minimum absolute atomic E-state index is 0.102. The Kier molecular flexibility index (Phi) is 3.02. The molecule has 0 atom stereocenters. The predicted molar refractivity (Wildman–Crippen MR) is 81.4 cm³/mol. The molecular weight excluding hydrogens is 284 g/mol. The molecule has 1 aliphatic heterocycles. The van der Waals surface area contributed by atoms with Crippen LogP contribution in [0.5, 0.6) is 0 Å². The molecule has 0 unspecified atom stereocenters. The van der Waals surface area contributed by atoms with E-state index in [0.29, 0.717) is 13.2 Å². The van der Waals surface area contributed by atoms with Gasteiger partial charge in [0.25, 0.3) is 5.69 Å². The van der Waals surface area contributed by atoms with Crippen molar-refractivity contribution >= 4 is 22.2 Å². The highest BCUT2D eigenvalue weighted by Crippen LogP contribution is 2.40. The van der Waals surface area contributed by atoms with Gasteiger partial charge < -0.3 is 14.5 Å². The Morgan fingerprint density at radius 3 is 2.77 bits per heavy atom. The Bertz CT molecular complexity index is 772. The van der Waals surface area contributed by atoms with E-state index in [-0.39, 0.29) is 10.6 Å². The Labute approximate surface area is 126 Å². The summed E-state index contributed by atoms with van der Waals surface area (Å²) in [6, 6.07) is 4.94. The largest absolute Gasteiger partial charge is 0.360 e. The zero-order chi connectivity index (χ0) is 15.2. The molecule has 0 radical (unpaired) electrons. The van der Waals surface area contributed by atoms with Crippen LogP contribution in [-0.2, 0) is 9.47 Å². The fourth-order valence-corrected chi connectivity index (χ4v) is 3.31. The number of nitro groups is 1. The van der Waals surface area contributed by atoms with Gasteiger partial charge in [-0.15, -0.1) is 0 Å². The van der Waals surface area contributed by atoms with Crippen LogP contribution in [0.1, 0.15) is 24.8 Å². The van der Waals surface area contributed by atoms with Crippen molar-refractivity contribution in [3.8, 4) is 0 Å². The molecule has 22 heavy (non-hydrogen) atoms. The van der Waals surface area contributed by atoms with Gasteiger partial charge in [0.05, 0.1) is 23.7 Å². The number of aromatic amines is 1. The van der Waals surface area contributed by atoms with Crippen LogP contribution in [0.25, 0.3) is 16.5 Å². The van der Waals surface area contributed by atoms with Crippen LogP contribution in [0.3, 0.4) is 0 Å². The van der Waals surface area contributed by atoms with E-state index >= 15 is 0 Å². The molecule has 1 fully saturated rings. The van der Waals surface area contributed by atoms with Crippen molar-refractivity contribution in [2.75, 3.05) is 13.2 Å². The molecule has 2 aliphatic rings. The maximum absolute atomic E-state index is 10.8. The van der Waals surface area contributed by atoms with Gasteiger partial charge in [0.1, 0.15) is 0 Å². The molecule has 0 saturated carbocycles. The second-order valence-electron chi connectivity index (χ2n) is 5.73. The minimum atomic E-state index is -0.422. The maximum atomic E-state index is 10.8. The van der Waals surface area contributed by atoms with Gasteiger partial charge in [0, 0.05) is 42.1 Å². The third-order valence-electron chi connectivity index (χ3n) is 4.47. The summed E-state index contributed by atoms with van der Waals surface area (Å²) >= 11 is 0. The lowest BCUT2D eigenvalue weighted by Gasteiger charge is -2.30. The maximum Gasteiger partial charge on any atom is 0.271 e. The highest BCUT2D eigenvalue weighted by atomic mass is 16.7. The molecule has 114 valence electrons. The molecule has 1 aromatic heterocycles. The first kappa shape index (κ1) is 13.5. The summed E-state index contributed by atoms with van der Waals surface area (Å²) in [5.41, 5.74) is 3.24. The topological polar surface area (TPSA) is 77.4 Å². The van der Waals surface area contributed by atoms with Gasteiger partial charge in [0.15, 0.2) is 5.79 Å². The molecule has 1 aromatic carbocycles. The number of ether oxygens (including phenoxy) is 2. The van der Waals surface area contributed by atoms with Gasteiger partial charge in [-0.2, -0.15) is 0 Å². The number of non-ortho nitro benzene ring substituents is 1. The van der Waals surface area contributed by atoms with Crippen LogP contribution >= 0.6 is 0 Å². The van der Waals surface area contributed by atoms with Crippen molar-refractivity contribution in [1.29, 1.82) is 0 Å². The quantitative estimate of drug-likeness (QED) is 0.681. The number of hydrogen-bond acceptors (Lipinski definition) is 4. The van der Waals surface area contributed by atoms with E-state index in [2.05, 4.69) is 11.1 Å². The Balaban J connectivity index is 1.67. The van der Waals surface area contributed by atoms with Crippen LogP contribution in [0, 0.1) is 10.1 Å². The van der Waals surface area contributed by atoms with Crippen LogP contribution in [0.2, 0.25) is 0 Å². The smallest absolute Gasteiger partial charge is 0.271 e. The van der Waals surface area contributed by atoms with Gasteiger partial charge >= 0.3 is 0 Å². The van der Waals surface area contributed by atoms with Crippen molar-refractivity contribution in [2.45, 2.75) is 25.0 Å². The van der Waals surface area contributed by atoms with Crippen molar-refractivity contribution in [3.63, 3.8) is 0 Å². The van der Waals surface area contributed by atoms with E-state index in [1.807, 2.05) is 12.3 Å². The summed E-state index contributed by atoms with van der Waals surface area (Å²) in [6.45, 7) is 1.33. The number of hydrogen-bond donors (Lipinski definition) is 1. The number of aromatic nitrogens is 1. The normalized spacial score (nSPS) is 20.5. The molecule has 2 heterocycles.